The zero-order valence-electron chi connectivity index (χ0n) is 17.2. The molecule has 5 heteroatoms. The van der Waals surface area contributed by atoms with Crippen molar-refractivity contribution in [2.45, 2.75) is 58.5 Å². The molecule has 3 heterocycles. The lowest BCUT2D eigenvalue weighted by Gasteiger charge is -2.46. The Morgan fingerprint density at radius 2 is 1.59 bits per heavy atom. The number of ether oxygens (including phenoxy) is 1. The first-order valence-electron chi connectivity index (χ1n) is 10.4. The van der Waals surface area contributed by atoms with Crippen molar-refractivity contribution >= 4 is 5.97 Å². The van der Waals surface area contributed by atoms with E-state index in [1.807, 2.05) is 33.2 Å². The highest BCUT2D eigenvalue weighted by atomic mass is 16.6. The number of hydrogen-bond donors (Lipinski definition) is 0. The number of nitrogens with zero attached hydrogens (tertiary/aromatic N) is 3. The monoisotopic (exact) mass is 373 g/mol. The number of carbonyl (C=O) groups is 1. The maximum absolute atomic E-state index is 12.1. The molecule has 0 aromatic carbocycles. The van der Waals surface area contributed by atoms with E-state index in [9.17, 15) is 4.79 Å². The molecule has 2 saturated heterocycles. The third-order valence-corrected chi connectivity index (χ3v) is 6.07. The third-order valence-electron chi connectivity index (χ3n) is 6.07. The zero-order chi connectivity index (χ0) is 19.3. The van der Waals surface area contributed by atoms with Gasteiger partial charge >= 0.3 is 5.97 Å². The number of piperidine rings is 2. The Morgan fingerprint density at radius 1 is 1.04 bits per heavy atom. The predicted octanol–water partition coefficient (Wildman–Crippen LogP) is 3.14. The average molecular weight is 374 g/mol. The minimum Gasteiger partial charge on any atom is -0.459 e. The molecule has 0 amide bonds. The van der Waals surface area contributed by atoms with Gasteiger partial charge in [0.25, 0.3) is 0 Å². The second-order valence-electron chi connectivity index (χ2n) is 9.31. The normalized spacial score (nSPS) is 21.3. The van der Waals surface area contributed by atoms with Crippen LogP contribution in [-0.2, 0) is 16.0 Å². The summed E-state index contributed by atoms with van der Waals surface area (Å²) in [7, 11) is 0. The average Bonchev–Trinajstić information content (AvgIpc) is 2.63. The SMILES string of the molecule is CC(C)(C)OC(=O)CN1CCC2(CCN(CCc3ccncc3)CC2)CC1. The Morgan fingerprint density at radius 3 is 2.15 bits per heavy atom. The molecule has 0 aliphatic carbocycles. The van der Waals surface area contributed by atoms with Crippen LogP contribution in [0.3, 0.4) is 0 Å². The molecule has 5 nitrogen and oxygen atoms in total. The third kappa shape index (κ3) is 6.28. The number of hydrogen-bond acceptors (Lipinski definition) is 5. The van der Waals surface area contributed by atoms with Crippen LogP contribution >= 0.6 is 0 Å². The molecule has 0 unspecified atom stereocenters. The smallest absolute Gasteiger partial charge is 0.320 e. The van der Waals surface area contributed by atoms with Crippen LogP contribution in [0.5, 0.6) is 0 Å². The fraction of sp³-hybridized carbons (Fsp3) is 0.727. The van der Waals surface area contributed by atoms with Gasteiger partial charge in [-0.3, -0.25) is 14.7 Å². The first-order valence-corrected chi connectivity index (χ1v) is 10.4. The maximum Gasteiger partial charge on any atom is 0.320 e. The van der Waals surface area contributed by atoms with Crippen LogP contribution in [0, 0.1) is 5.41 Å². The van der Waals surface area contributed by atoms with Crippen molar-refractivity contribution in [2.75, 3.05) is 39.3 Å². The molecule has 1 aromatic rings. The Labute approximate surface area is 164 Å². The molecule has 0 saturated carbocycles. The van der Waals surface area contributed by atoms with Gasteiger partial charge in [0.2, 0.25) is 0 Å². The molecule has 0 atom stereocenters. The van der Waals surface area contributed by atoms with E-state index in [4.69, 9.17) is 4.74 Å². The number of pyridine rings is 1. The molecule has 0 radical (unpaired) electrons. The highest BCUT2D eigenvalue weighted by molar-refractivity contribution is 5.72. The summed E-state index contributed by atoms with van der Waals surface area (Å²) in [5.41, 5.74) is 1.48. The first-order chi connectivity index (χ1) is 12.8. The quantitative estimate of drug-likeness (QED) is 0.742. The Hall–Kier alpha value is -1.46. The molecular weight excluding hydrogens is 338 g/mol. The van der Waals surface area contributed by atoms with Crippen molar-refractivity contribution in [2.24, 2.45) is 5.41 Å². The van der Waals surface area contributed by atoms with Gasteiger partial charge < -0.3 is 9.64 Å². The van der Waals surface area contributed by atoms with Gasteiger partial charge in [-0.25, -0.2) is 0 Å². The van der Waals surface area contributed by atoms with Crippen molar-refractivity contribution < 1.29 is 9.53 Å². The number of rotatable bonds is 5. The van der Waals surface area contributed by atoms with E-state index < -0.39 is 5.60 Å². The van der Waals surface area contributed by atoms with Crippen LogP contribution in [0.1, 0.15) is 52.0 Å². The fourth-order valence-corrected chi connectivity index (χ4v) is 4.33. The lowest BCUT2D eigenvalue weighted by Crippen LogP contribution is -2.48. The van der Waals surface area contributed by atoms with Crippen LogP contribution in [0.25, 0.3) is 0 Å². The second-order valence-corrected chi connectivity index (χ2v) is 9.31. The molecular formula is C22H35N3O2. The van der Waals surface area contributed by atoms with E-state index >= 15 is 0 Å². The summed E-state index contributed by atoms with van der Waals surface area (Å²) in [5, 5.41) is 0. The number of carbonyl (C=O) groups excluding carboxylic acids is 1. The summed E-state index contributed by atoms with van der Waals surface area (Å²) in [4.78, 5) is 21.0. The van der Waals surface area contributed by atoms with Gasteiger partial charge in [-0.15, -0.1) is 0 Å². The van der Waals surface area contributed by atoms with Crippen LogP contribution in [0.4, 0.5) is 0 Å². The van der Waals surface area contributed by atoms with Gasteiger partial charge in [-0.05, 0) is 102 Å². The van der Waals surface area contributed by atoms with Gasteiger partial charge in [-0.1, -0.05) is 0 Å². The number of esters is 1. The van der Waals surface area contributed by atoms with Crippen molar-refractivity contribution in [3.05, 3.63) is 30.1 Å². The second kappa shape index (κ2) is 8.70. The van der Waals surface area contributed by atoms with Crippen LogP contribution < -0.4 is 0 Å². The summed E-state index contributed by atoms with van der Waals surface area (Å²) in [6.07, 6.45) is 9.89. The van der Waals surface area contributed by atoms with Gasteiger partial charge in [0, 0.05) is 18.9 Å². The largest absolute Gasteiger partial charge is 0.459 e. The van der Waals surface area contributed by atoms with Crippen molar-refractivity contribution in [3.63, 3.8) is 0 Å². The molecule has 27 heavy (non-hydrogen) atoms. The van der Waals surface area contributed by atoms with Gasteiger partial charge in [0.1, 0.15) is 5.60 Å². The molecule has 3 rings (SSSR count). The first kappa shape index (κ1) is 20.3. The minimum absolute atomic E-state index is 0.0932. The Balaban J connectivity index is 1.38. The molecule has 1 spiro atoms. The summed E-state index contributed by atoms with van der Waals surface area (Å²) in [5.74, 6) is -0.0932. The maximum atomic E-state index is 12.1. The Kier molecular flexibility index (Phi) is 6.53. The van der Waals surface area contributed by atoms with E-state index in [-0.39, 0.29) is 5.97 Å². The molecule has 2 aliphatic heterocycles. The lowest BCUT2D eigenvalue weighted by molar-refractivity contribution is -0.156. The molecule has 0 N–H and O–H groups in total. The summed E-state index contributed by atoms with van der Waals surface area (Å²) in [6.45, 7) is 11.8. The standard InChI is InChI=1S/C22H35N3O2/c1-21(2,3)27-20(26)18-25-16-9-22(10-17-25)7-14-24(15-8-22)13-6-19-4-11-23-12-5-19/h4-5,11-12H,6-10,13-18H2,1-3H3. The highest BCUT2D eigenvalue weighted by Crippen LogP contribution is 2.41. The summed E-state index contributed by atoms with van der Waals surface area (Å²) >= 11 is 0. The van der Waals surface area contributed by atoms with E-state index in [0.29, 0.717) is 12.0 Å². The van der Waals surface area contributed by atoms with Crippen molar-refractivity contribution in [1.82, 2.24) is 14.8 Å². The molecule has 2 aliphatic rings. The van der Waals surface area contributed by atoms with Gasteiger partial charge in [-0.2, -0.15) is 0 Å². The fourth-order valence-electron chi connectivity index (χ4n) is 4.33. The van der Waals surface area contributed by atoms with E-state index in [1.54, 1.807) is 0 Å². The van der Waals surface area contributed by atoms with Gasteiger partial charge in [0.15, 0.2) is 0 Å². The minimum atomic E-state index is -0.392. The van der Waals surface area contributed by atoms with Crippen LogP contribution in [0.15, 0.2) is 24.5 Å². The number of aromatic nitrogens is 1. The van der Waals surface area contributed by atoms with Crippen molar-refractivity contribution in [1.29, 1.82) is 0 Å². The Bertz CT molecular complexity index is 594. The van der Waals surface area contributed by atoms with E-state index in [1.165, 1.54) is 44.3 Å². The molecule has 1 aromatic heterocycles. The number of likely N-dealkylation sites (tertiary alicyclic amines) is 2. The molecule has 2 fully saturated rings. The van der Waals surface area contributed by atoms with Crippen LogP contribution in [-0.4, -0.2) is 65.6 Å². The van der Waals surface area contributed by atoms with Crippen molar-refractivity contribution in [3.8, 4) is 0 Å². The zero-order valence-corrected chi connectivity index (χ0v) is 17.2. The highest BCUT2D eigenvalue weighted by Gasteiger charge is 2.37. The molecule has 150 valence electrons. The molecule has 0 bridgehead atoms. The lowest BCUT2D eigenvalue weighted by atomic mass is 9.71. The predicted molar refractivity (Wildman–Crippen MR) is 108 cm³/mol. The van der Waals surface area contributed by atoms with Gasteiger partial charge in [0.05, 0.1) is 6.54 Å². The van der Waals surface area contributed by atoms with E-state index in [0.717, 1.165) is 26.1 Å². The summed E-state index contributed by atoms with van der Waals surface area (Å²) in [6, 6.07) is 4.23. The van der Waals surface area contributed by atoms with Crippen LogP contribution in [0.2, 0.25) is 0 Å². The van der Waals surface area contributed by atoms with E-state index in [2.05, 4.69) is 26.9 Å². The summed E-state index contributed by atoms with van der Waals surface area (Å²) < 4.78 is 5.46. The topological polar surface area (TPSA) is 45.7 Å².